The van der Waals surface area contributed by atoms with Gasteiger partial charge in [-0.1, -0.05) is 41.9 Å². The maximum absolute atomic E-state index is 6.14. The maximum Gasteiger partial charge on any atom is 0.162 e. The van der Waals surface area contributed by atoms with Crippen LogP contribution in [0.2, 0.25) is 0 Å². The molecule has 1 saturated carbocycles. The molecular weight excluding hydrogens is 303 g/mol. The minimum absolute atomic E-state index is 0.00844. The van der Waals surface area contributed by atoms with Crippen molar-refractivity contribution in [1.82, 2.24) is 0 Å². The molecule has 0 radical (unpaired) electrons. The molecule has 2 aliphatic rings. The molecule has 1 atom stereocenters. The van der Waals surface area contributed by atoms with Crippen LogP contribution in [0.4, 0.5) is 0 Å². The van der Waals surface area contributed by atoms with Crippen molar-refractivity contribution in [1.29, 1.82) is 0 Å². The second kappa shape index (κ2) is 5.15. The van der Waals surface area contributed by atoms with Crippen molar-refractivity contribution < 1.29 is 9.47 Å². The van der Waals surface area contributed by atoms with E-state index in [0.717, 1.165) is 13.0 Å². The molecular formula is C12H19IO2. The van der Waals surface area contributed by atoms with E-state index in [1.807, 2.05) is 6.92 Å². The first kappa shape index (κ1) is 11.9. The molecule has 0 aromatic heterocycles. The van der Waals surface area contributed by atoms with E-state index >= 15 is 0 Å². The summed E-state index contributed by atoms with van der Waals surface area (Å²) in [4.78, 5) is 0. The maximum atomic E-state index is 6.14. The minimum atomic E-state index is 0.00844. The van der Waals surface area contributed by atoms with Gasteiger partial charge in [-0.2, -0.15) is 0 Å². The van der Waals surface area contributed by atoms with Gasteiger partial charge in [0.05, 0.1) is 5.60 Å². The van der Waals surface area contributed by atoms with Crippen LogP contribution in [-0.4, -0.2) is 18.5 Å². The fourth-order valence-electron chi connectivity index (χ4n) is 2.72. The summed E-state index contributed by atoms with van der Waals surface area (Å²) in [7, 11) is 0. The number of halogens is 1. The number of rotatable bonds is 2. The van der Waals surface area contributed by atoms with Crippen molar-refractivity contribution in [2.45, 2.75) is 57.3 Å². The summed E-state index contributed by atoms with van der Waals surface area (Å²) in [5.74, 6) is 0. The molecule has 2 fully saturated rings. The van der Waals surface area contributed by atoms with E-state index in [0.29, 0.717) is 0 Å². The monoisotopic (exact) mass is 322 g/mol. The first-order chi connectivity index (χ1) is 7.30. The summed E-state index contributed by atoms with van der Waals surface area (Å²) >= 11 is 2.34. The summed E-state index contributed by atoms with van der Waals surface area (Å²) in [6.07, 6.45) is 7.31. The van der Waals surface area contributed by atoms with Crippen LogP contribution in [0, 0.1) is 0 Å². The lowest BCUT2D eigenvalue weighted by Gasteiger charge is -2.34. The molecule has 15 heavy (non-hydrogen) atoms. The average molecular weight is 322 g/mol. The quantitative estimate of drug-likeness (QED) is 0.720. The van der Waals surface area contributed by atoms with E-state index in [-0.39, 0.29) is 11.9 Å². The molecule has 1 aliphatic carbocycles. The first-order valence-electron chi connectivity index (χ1n) is 5.90. The predicted molar refractivity (Wildman–Crippen MR) is 69.0 cm³/mol. The highest BCUT2D eigenvalue weighted by molar-refractivity contribution is 14.1. The lowest BCUT2D eigenvalue weighted by Crippen LogP contribution is -2.33. The second-order valence-corrected chi connectivity index (χ2v) is 5.02. The smallest absolute Gasteiger partial charge is 0.162 e. The molecule has 2 rings (SSSR count). The molecule has 1 spiro atoms. The van der Waals surface area contributed by atoms with Gasteiger partial charge in [0.1, 0.15) is 0 Å². The lowest BCUT2D eigenvalue weighted by atomic mass is 9.80. The van der Waals surface area contributed by atoms with Crippen molar-refractivity contribution in [2.75, 3.05) is 6.61 Å². The third-order valence-corrected chi connectivity index (χ3v) is 4.23. The van der Waals surface area contributed by atoms with E-state index in [9.17, 15) is 0 Å². The Hall–Kier alpha value is 0.390. The summed E-state index contributed by atoms with van der Waals surface area (Å²) in [6.45, 7) is 2.78. The summed E-state index contributed by atoms with van der Waals surface area (Å²) in [5.41, 5.74) is 1.50. The standard InChI is InChI=1S/C12H19IO2/c1-2-14-11-8-10(9-13)12(15-11)6-4-3-5-7-12/h9,11H,2-8H2,1H3/b10-9+. The Morgan fingerprint density at radius 3 is 2.80 bits per heavy atom. The van der Waals surface area contributed by atoms with Crippen molar-refractivity contribution in [2.24, 2.45) is 0 Å². The fraction of sp³-hybridized carbons (Fsp3) is 0.833. The fourth-order valence-corrected chi connectivity index (χ4v) is 3.54. The third kappa shape index (κ3) is 2.39. The summed E-state index contributed by atoms with van der Waals surface area (Å²) < 4.78 is 13.9. The molecule has 2 nitrogen and oxygen atoms in total. The average Bonchev–Trinajstić information content (AvgIpc) is 2.58. The zero-order chi connectivity index (χ0) is 10.7. The Balaban J connectivity index is 2.09. The van der Waals surface area contributed by atoms with Crippen molar-refractivity contribution in [3.63, 3.8) is 0 Å². The van der Waals surface area contributed by atoms with E-state index in [1.165, 1.54) is 37.7 Å². The highest BCUT2D eigenvalue weighted by Gasteiger charge is 2.44. The molecule has 1 unspecified atom stereocenters. The molecule has 0 aromatic carbocycles. The van der Waals surface area contributed by atoms with Gasteiger partial charge in [-0.15, -0.1) is 0 Å². The molecule has 86 valence electrons. The molecule has 0 N–H and O–H groups in total. The minimum Gasteiger partial charge on any atom is -0.353 e. The van der Waals surface area contributed by atoms with Crippen molar-refractivity contribution >= 4 is 22.6 Å². The molecule has 0 amide bonds. The number of hydrogen-bond donors (Lipinski definition) is 0. The van der Waals surface area contributed by atoms with Gasteiger partial charge in [0, 0.05) is 13.0 Å². The topological polar surface area (TPSA) is 18.5 Å². The van der Waals surface area contributed by atoms with Crippen LogP contribution >= 0.6 is 22.6 Å². The van der Waals surface area contributed by atoms with Gasteiger partial charge in [-0.3, -0.25) is 0 Å². The van der Waals surface area contributed by atoms with Crippen LogP contribution in [0.1, 0.15) is 45.4 Å². The molecule has 0 bridgehead atoms. The normalized spacial score (nSPS) is 32.7. The Morgan fingerprint density at radius 2 is 2.20 bits per heavy atom. The Bertz CT molecular complexity index is 244. The van der Waals surface area contributed by atoms with Gasteiger partial charge in [-0.05, 0) is 29.4 Å². The van der Waals surface area contributed by atoms with Crippen molar-refractivity contribution in [3.05, 3.63) is 9.66 Å². The van der Waals surface area contributed by atoms with Crippen LogP contribution in [-0.2, 0) is 9.47 Å². The Morgan fingerprint density at radius 1 is 1.47 bits per heavy atom. The van der Waals surface area contributed by atoms with Crippen LogP contribution < -0.4 is 0 Å². The zero-order valence-corrected chi connectivity index (χ0v) is 11.5. The SMILES string of the molecule is CCOC1C/C(=C\I)C2(CCCCC2)O1. The van der Waals surface area contributed by atoms with Gasteiger partial charge >= 0.3 is 0 Å². The first-order valence-corrected chi connectivity index (χ1v) is 7.14. The second-order valence-electron chi connectivity index (χ2n) is 4.40. The van der Waals surface area contributed by atoms with E-state index in [1.54, 1.807) is 0 Å². The van der Waals surface area contributed by atoms with Crippen LogP contribution in [0.5, 0.6) is 0 Å². The molecule has 1 heterocycles. The van der Waals surface area contributed by atoms with Gasteiger partial charge in [0.25, 0.3) is 0 Å². The van der Waals surface area contributed by atoms with E-state index in [4.69, 9.17) is 9.47 Å². The predicted octanol–water partition coefficient (Wildman–Crippen LogP) is 3.79. The van der Waals surface area contributed by atoms with Gasteiger partial charge in [-0.25, -0.2) is 0 Å². The zero-order valence-electron chi connectivity index (χ0n) is 9.30. The lowest BCUT2D eigenvalue weighted by molar-refractivity contribution is -0.170. The van der Waals surface area contributed by atoms with E-state index < -0.39 is 0 Å². The van der Waals surface area contributed by atoms with Crippen molar-refractivity contribution in [3.8, 4) is 0 Å². The van der Waals surface area contributed by atoms with Crippen LogP contribution in [0.15, 0.2) is 9.66 Å². The van der Waals surface area contributed by atoms with E-state index in [2.05, 4.69) is 26.7 Å². The molecule has 0 aromatic rings. The van der Waals surface area contributed by atoms with Crippen LogP contribution in [0.3, 0.4) is 0 Å². The Kier molecular flexibility index (Phi) is 4.07. The number of hydrogen-bond acceptors (Lipinski definition) is 2. The largest absolute Gasteiger partial charge is 0.353 e. The molecule has 1 saturated heterocycles. The molecule has 1 aliphatic heterocycles. The highest BCUT2D eigenvalue weighted by atomic mass is 127. The van der Waals surface area contributed by atoms with Gasteiger partial charge < -0.3 is 9.47 Å². The van der Waals surface area contributed by atoms with Gasteiger partial charge in [0.2, 0.25) is 0 Å². The summed E-state index contributed by atoms with van der Waals surface area (Å²) in [6, 6.07) is 0. The Labute approximate surface area is 106 Å². The number of ether oxygens (including phenoxy) is 2. The third-order valence-electron chi connectivity index (χ3n) is 3.47. The molecule has 3 heteroatoms. The van der Waals surface area contributed by atoms with Gasteiger partial charge in [0.15, 0.2) is 6.29 Å². The summed E-state index contributed by atoms with van der Waals surface area (Å²) in [5, 5.41) is 0. The van der Waals surface area contributed by atoms with Crippen LogP contribution in [0.25, 0.3) is 0 Å². The highest BCUT2D eigenvalue weighted by Crippen LogP contribution is 2.46.